The van der Waals surface area contributed by atoms with Crippen LogP contribution in [0.1, 0.15) is 27.8 Å². The van der Waals surface area contributed by atoms with E-state index in [1.165, 1.54) is 38.9 Å². The maximum Gasteiger partial charge on any atom is 0.132 e. The van der Waals surface area contributed by atoms with Crippen molar-refractivity contribution in [3.63, 3.8) is 0 Å². The molecule has 0 radical (unpaired) electrons. The van der Waals surface area contributed by atoms with E-state index in [0.29, 0.717) is 6.61 Å². The van der Waals surface area contributed by atoms with Gasteiger partial charge in [0.25, 0.3) is 0 Å². The summed E-state index contributed by atoms with van der Waals surface area (Å²) in [6, 6.07) is 41.1. The first-order valence-electron chi connectivity index (χ1n) is 12.1. The zero-order valence-corrected chi connectivity index (χ0v) is 19.9. The molecule has 0 N–H and O–H groups in total. The summed E-state index contributed by atoms with van der Waals surface area (Å²) in [5, 5.41) is 0.719. The summed E-state index contributed by atoms with van der Waals surface area (Å²) >= 11 is 6.93. The fourth-order valence-corrected chi connectivity index (χ4v) is 6.39. The molecule has 0 bridgehead atoms. The molecule has 1 nitrogen and oxygen atoms in total. The predicted octanol–water partition coefficient (Wildman–Crippen LogP) is 8.31. The first-order chi connectivity index (χ1) is 17.3. The van der Waals surface area contributed by atoms with Crippen LogP contribution < -0.4 is 4.74 Å². The molecule has 0 saturated heterocycles. The number of rotatable bonds is 2. The van der Waals surface area contributed by atoms with Gasteiger partial charge in [0.05, 0.1) is 12.0 Å². The molecule has 1 heterocycles. The minimum atomic E-state index is -0.539. The second-order valence-corrected chi connectivity index (χ2v) is 9.73. The van der Waals surface area contributed by atoms with Crippen LogP contribution in [0.25, 0.3) is 22.3 Å². The highest BCUT2D eigenvalue weighted by Gasteiger charge is 2.48. The van der Waals surface area contributed by atoms with Crippen LogP contribution in [0.5, 0.6) is 5.75 Å². The lowest BCUT2D eigenvalue weighted by molar-refractivity contribution is 0.321. The molecule has 2 aliphatic rings. The van der Waals surface area contributed by atoms with E-state index in [4.69, 9.17) is 16.3 Å². The third-order valence-corrected chi connectivity index (χ3v) is 7.76. The maximum absolute atomic E-state index is 6.93. The summed E-state index contributed by atoms with van der Waals surface area (Å²) in [4.78, 5) is 0. The molecule has 5 aromatic rings. The maximum atomic E-state index is 6.93. The molecule has 0 fully saturated rings. The largest absolute Gasteiger partial charge is 0.492 e. The SMILES string of the molecule is Clc1cc2c(c(C3(c4ccccc4)c4ccccc4-c4ccccc43)c1)OCCc1ccccc1-2. The van der Waals surface area contributed by atoms with Crippen molar-refractivity contribution < 1.29 is 4.74 Å². The Kier molecular flexibility index (Phi) is 4.62. The molecule has 0 aromatic heterocycles. The van der Waals surface area contributed by atoms with Gasteiger partial charge in [-0.3, -0.25) is 0 Å². The van der Waals surface area contributed by atoms with Gasteiger partial charge in [-0.15, -0.1) is 0 Å². The molecule has 2 heteroatoms. The highest BCUT2D eigenvalue weighted by Crippen LogP contribution is 2.59. The summed E-state index contributed by atoms with van der Waals surface area (Å²) < 4.78 is 6.65. The van der Waals surface area contributed by atoms with Crippen molar-refractivity contribution in [2.75, 3.05) is 6.61 Å². The number of ether oxygens (including phenoxy) is 1. The van der Waals surface area contributed by atoms with Gasteiger partial charge in [-0.25, -0.2) is 0 Å². The summed E-state index contributed by atoms with van der Waals surface area (Å²) in [6.45, 7) is 0.632. The topological polar surface area (TPSA) is 9.23 Å². The summed E-state index contributed by atoms with van der Waals surface area (Å²) in [5.74, 6) is 0.926. The number of benzene rings is 5. The molecule has 5 aromatic carbocycles. The lowest BCUT2D eigenvalue weighted by Crippen LogP contribution is -2.29. The summed E-state index contributed by atoms with van der Waals surface area (Å²) in [6.07, 6.45) is 0.868. The predicted molar refractivity (Wildman–Crippen MR) is 143 cm³/mol. The molecule has 0 amide bonds. The Bertz CT molecular complexity index is 1540. The van der Waals surface area contributed by atoms with E-state index < -0.39 is 5.41 Å². The Morgan fingerprint density at radius 3 is 1.89 bits per heavy atom. The lowest BCUT2D eigenvalue weighted by Gasteiger charge is -2.35. The number of hydrogen-bond donors (Lipinski definition) is 0. The van der Waals surface area contributed by atoms with E-state index in [9.17, 15) is 0 Å². The van der Waals surface area contributed by atoms with Crippen molar-refractivity contribution in [3.05, 3.63) is 148 Å². The highest BCUT2D eigenvalue weighted by atomic mass is 35.5. The zero-order valence-electron chi connectivity index (χ0n) is 19.2. The van der Waals surface area contributed by atoms with Crippen LogP contribution in [-0.2, 0) is 11.8 Å². The molecule has 0 atom stereocenters. The summed E-state index contributed by atoms with van der Waals surface area (Å²) in [5.41, 5.74) is 10.4. The average Bonchev–Trinajstić information content (AvgIpc) is 3.08. The van der Waals surface area contributed by atoms with Crippen LogP contribution in [0.3, 0.4) is 0 Å². The second kappa shape index (κ2) is 7.86. The third-order valence-electron chi connectivity index (χ3n) is 7.54. The average molecular weight is 471 g/mol. The molecular formula is C33H23ClO. The van der Waals surface area contributed by atoms with Crippen LogP contribution >= 0.6 is 11.6 Å². The molecule has 7 rings (SSSR count). The van der Waals surface area contributed by atoms with E-state index in [-0.39, 0.29) is 0 Å². The van der Waals surface area contributed by atoms with Crippen molar-refractivity contribution in [3.8, 4) is 28.0 Å². The molecule has 168 valence electrons. The van der Waals surface area contributed by atoms with E-state index in [1.54, 1.807) is 0 Å². The normalized spacial score (nSPS) is 14.7. The Morgan fingerprint density at radius 2 is 1.17 bits per heavy atom. The van der Waals surface area contributed by atoms with Crippen LogP contribution in [0.15, 0.2) is 115 Å². The van der Waals surface area contributed by atoms with Crippen LogP contribution in [0.2, 0.25) is 5.02 Å². The first-order valence-corrected chi connectivity index (χ1v) is 12.5. The first kappa shape index (κ1) is 20.6. The number of fused-ring (bicyclic) bond motifs is 6. The Morgan fingerprint density at radius 1 is 0.571 bits per heavy atom. The minimum absolute atomic E-state index is 0.539. The van der Waals surface area contributed by atoms with Crippen molar-refractivity contribution >= 4 is 11.6 Å². The standard InChI is InChI=1S/C33H23ClO/c34-24-20-28-25-13-5-4-10-22(25)18-19-35-32(28)31(21-24)33(23-11-2-1-3-12-23)29-16-8-6-14-26(29)27-15-7-9-17-30(27)33/h1-17,20-21H,18-19H2. The van der Waals surface area contributed by atoms with Crippen molar-refractivity contribution in [1.29, 1.82) is 0 Å². The molecule has 1 aliphatic heterocycles. The van der Waals surface area contributed by atoms with Gasteiger partial charge in [-0.1, -0.05) is 115 Å². The van der Waals surface area contributed by atoms with Crippen LogP contribution in [0, 0.1) is 0 Å². The molecule has 0 spiro atoms. The molecule has 35 heavy (non-hydrogen) atoms. The highest BCUT2D eigenvalue weighted by molar-refractivity contribution is 6.31. The van der Waals surface area contributed by atoms with Gasteiger partial charge in [0.15, 0.2) is 0 Å². The fourth-order valence-electron chi connectivity index (χ4n) is 6.17. The van der Waals surface area contributed by atoms with Crippen LogP contribution in [0.4, 0.5) is 0 Å². The summed E-state index contributed by atoms with van der Waals surface area (Å²) in [7, 11) is 0. The van der Waals surface area contributed by atoms with Gasteiger partial charge in [-0.05, 0) is 51.1 Å². The molecule has 0 unspecified atom stereocenters. The van der Waals surface area contributed by atoms with E-state index >= 15 is 0 Å². The van der Waals surface area contributed by atoms with Gasteiger partial charge in [0, 0.05) is 22.6 Å². The van der Waals surface area contributed by atoms with E-state index in [0.717, 1.165) is 28.3 Å². The van der Waals surface area contributed by atoms with Gasteiger partial charge >= 0.3 is 0 Å². The quantitative estimate of drug-likeness (QED) is 0.247. The molecule has 0 saturated carbocycles. The lowest BCUT2D eigenvalue weighted by atomic mass is 9.67. The molecular weight excluding hydrogens is 448 g/mol. The van der Waals surface area contributed by atoms with Crippen LogP contribution in [-0.4, -0.2) is 6.61 Å². The smallest absolute Gasteiger partial charge is 0.132 e. The second-order valence-electron chi connectivity index (χ2n) is 9.29. The van der Waals surface area contributed by atoms with Gasteiger partial charge < -0.3 is 4.74 Å². The Balaban J connectivity index is 1.66. The third kappa shape index (κ3) is 2.89. The van der Waals surface area contributed by atoms with Crippen molar-refractivity contribution in [1.82, 2.24) is 0 Å². The van der Waals surface area contributed by atoms with Crippen molar-refractivity contribution in [2.45, 2.75) is 11.8 Å². The van der Waals surface area contributed by atoms with Gasteiger partial charge in [0.2, 0.25) is 0 Å². The van der Waals surface area contributed by atoms with Crippen molar-refractivity contribution in [2.24, 2.45) is 0 Å². The Labute approximate surface area is 210 Å². The molecule has 1 aliphatic carbocycles. The Hall–Kier alpha value is -3.81. The van der Waals surface area contributed by atoms with Gasteiger partial charge in [0.1, 0.15) is 5.75 Å². The van der Waals surface area contributed by atoms with E-state index in [2.05, 4.69) is 115 Å². The van der Waals surface area contributed by atoms with Gasteiger partial charge in [-0.2, -0.15) is 0 Å². The zero-order chi connectivity index (χ0) is 23.4. The van der Waals surface area contributed by atoms with E-state index in [1.807, 2.05) is 0 Å². The number of hydrogen-bond acceptors (Lipinski definition) is 1. The monoisotopic (exact) mass is 470 g/mol. The number of halogens is 1. The fraction of sp³-hybridized carbons (Fsp3) is 0.0909. The minimum Gasteiger partial charge on any atom is -0.492 e.